The van der Waals surface area contributed by atoms with Gasteiger partial charge in [0.25, 0.3) is 0 Å². The van der Waals surface area contributed by atoms with Crippen LogP contribution in [0.25, 0.3) is 0 Å². The number of anilines is 1. The summed E-state index contributed by atoms with van der Waals surface area (Å²) in [4.78, 5) is 0. The van der Waals surface area contributed by atoms with Crippen molar-refractivity contribution in [3.05, 3.63) is 38.2 Å². The molecule has 1 unspecified atom stereocenters. The predicted octanol–water partition coefficient (Wildman–Crippen LogP) is 4.24. The molecule has 1 N–H and O–H groups in total. The molecule has 2 rings (SSSR count). The molecule has 16 heavy (non-hydrogen) atoms. The van der Waals surface area contributed by atoms with Gasteiger partial charge in [0.1, 0.15) is 0 Å². The van der Waals surface area contributed by atoms with E-state index in [2.05, 4.69) is 66.4 Å². The maximum absolute atomic E-state index is 4.00. The number of hydrogen-bond acceptors (Lipinski definition) is 4. The molecule has 0 aliphatic heterocycles. The van der Waals surface area contributed by atoms with Crippen LogP contribution in [0.5, 0.6) is 0 Å². The number of aromatic nitrogens is 2. The number of nitrogens with one attached hydrogen (secondary N) is 1. The third kappa shape index (κ3) is 3.02. The molecule has 6 heteroatoms. The van der Waals surface area contributed by atoms with Gasteiger partial charge in [0.2, 0.25) is 5.13 Å². The number of rotatable bonds is 3. The van der Waals surface area contributed by atoms with Gasteiger partial charge < -0.3 is 5.32 Å². The van der Waals surface area contributed by atoms with Crippen LogP contribution in [0.15, 0.2) is 32.7 Å². The second-order valence-corrected chi connectivity index (χ2v) is 6.45. The fraction of sp³-hybridized carbons (Fsp3) is 0.200. The summed E-state index contributed by atoms with van der Waals surface area (Å²) in [6.07, 6.45) is 0. The molecule has 2 aromatic rings. The van der Waals surface area contributed by atoms with E-state index in [-0.39, 0.29) is 6.04 Å². The Morgan fingerprint density at radius 3 is 2.44 bits per heavy atom. The van der Waals surface area contributed by atoms with Crippen LogP contribution in [0.4, 0.5) is 5.13 Å². The molecule has 0 amide bonds. The van der Waals surface area contributed by atoms with Crippen molar-refractivity contribution in [3.63, 3.8) is 0 Å². The zero-order valence-corrected chi connectivity index (χ0v) is 12.4. The van der Waals surface area contributed by atoms with E-state index in [1.165, 1.54) is 16.9 Å². The summed E-state index contributed by atoms with van der Waals surface area (Å²) in [6.45, 7) is 2.10. The summed E-state index contributed by atoms with van der Waals surface area (Å²) in [6, 6.07) is 8.44. The minimum absolute atomic E-state index is 0.216. The second-order valence-electron chi connectivity index (χ2n) is 3.28. The van der Waals surface area contributed by atoms with Gasteiger partial charge in [-0.15, -0.1) is 10.2 Å². The summed E-state index contributed by atoms with van der Waals surface area (Å²) in [5, 5.41) is 12.0. The molecule has 0 spiro atoms. The first kappa shape index (κ1) is 12.0. The maximum atomic E-state index is 4.00. The van der Waals surface area contributed by atoms with Crippen LogP contribution in [0.1, 0.15) is 18.5 Å². The van der Waals surface area contributed by atoms with Crippen LogP contribution < -0.4 is 5.32 Å². The first-order chi connectivity index (χ1) is 7.65. The predicted molar refractivity (Wildman–Crippen MR) is 73.8 cm³/mol. The van der Waals surface area contributed by atoms with E-state index in [1.807, 2.05) is 12.1 Å². The van der Waals surface area contributed by atoms with E-state index in [0.717, 1.165) is 13.5 Å². The normalized spacial score (nSPS) is 12.4. The van der Waals surface area contributed by atoms with Crippen molar-refractivity contribution in [2.45, 2.75) is 13.0 Å². The Balaban J connectivity index is 2.08. The zero-order chi connectivity index (χ0) is 11.5. The minimum Gasteiger partial charge on any atom is -0.354 e. The largest absolute Gasteiger partial charge is 0.354 e. The lowest BCUT2D eigenvalue weighted by Crippen LogP contribution is -2.05. The van der Waals surface area contributed by atoms with Gasteiger partial charge in [-0.1, -0.05) is 39.4 Å². The number of hydrogen-bond donors (Lipinski definition) is 1. The topological polar surface area (TPSA) is 37.8 Å². The molecular formula is C10H9Br2N3S. The molecule has 0 aliphatic rings. The summed E-state index contributed by atoms with van der Waals surface area (Å²) in [5.41, 5.74) is 1.22. The van der Waals surface area contributed by atoms with E-state index >= 15 is 0 Å². The number of nitrogens with zero attached hydrogens (tertiary/aromatic N) is 2. The van der Waals surface area contributed by atoms with Crippen LogP contribution in [-0.4, -0.2) is 10.2 Å². The van der Waals surface area contributed by atoms with Crippen molar-refractivity contribution < 1.29 is 0 Å². The van der Waals surface area contributed by atoms with Gasteiger partial charge in [-0.3, -0.25) is 0 Å². The van der Waals surface area contributed by atoms with Crippen LogP contribution in [0, 0.1) is 0 Å². The van der Waals surface area contributed by atoms with E-state index in [9.17, 15) is 0 Å². The van der Waals surface area contributed by atoms with Gasteiger partial charge in [-0.25, -0.2) is 0 Å². The molecule has 3 nitrogen and oxygen atoms in total. The average Bonchev–Trinajstić information content (AvgIpc) is 2.65. The quantitative estimate of drug-likeness (QED) is 0.887. The molecule has 0 radical (unpaired) electrons. The molecule has 1 heterocycles. The van der Waals surface area contributed by atoms with Crippen molar-refractivity contribution in [1.29, 1.82) is 0 Å². The van der Waals surface area contributed by atoms with Gasteiger partial charge in [-0.2, -0.15) is 0 Å². The van der Waals surface area contributed by atoms with Gasteiger partial charge in [0, 0.05) is 4.47 Å². The van der Waals surface area contributed by atoms with E-state index < -0.39 is 0 Å². The highest BCUT2D eigenvalue weighted by Crippen LogP contribution is 2.25. The van der Waals surface area contributed by atoms with Crippen molar-refractivity contribution in [1.82, 2.24) is 10.2 Å². The highest BCUT2D eigenvalue weighted by atomic mass is 79.9. The monoisotopic (exact) mass is 361 g/mol. The minimum atomic E-state index is 0.216. The Hall–Kier alpha value is -0.460. The first-order valence-electron chi connectivity index (χ1n) is 4.66. The molecule has 0 fully saturated rings. The molecular weight excluding hydrogens is 354 g/mol. The SMILES string of the molecule is CC(Nc1nnc(Br)s1)c1ccc(Br)cc1. The van der Waals surface area contributed by atoms with Gasteiger partial charge in [-0.05, 0) is 40.5 Å². The maximum Gasteiger partial charge on any atom is 0.206 e. The first-order valence-corrected chi connectivity index (χ1v) is 7.06. The molecule has 1 aromatic heterocycles. The highest BCUT2D eigenvalue weighted by Gasteiger charge is 2.08. The molecule has 1 aromatic carbocycles. The Labute approximate surface area is 115 Å². The summed E-state index contributed by atoms with van der Waals surface area (Å²) < 4.78 is 1.88. The number of halogens is 2. The summed E-state index contributed by atoms with van der Waals surface area (Å²) in [5.74, 6) is 0. The fourth-order valence-corrected chi connectivity index (χ4v) is 2.65. The lowest BCUT2D eigenvalue weighted by Gasteiger charge is -2.12. The molecule has 0 bridgehead atoms. The van der Waals surface area contributed by atoms with Crippen LogP contribution in [-0.2, 0) is 0 Å². The lowest BCUT2D eigenvalue weighted by molar-refractivity contribution is 0.872. The van der Waals surface area contributed by atoms with E-state index in [0.29, 0.717) is 0 Å². The van der Waals surface area contributed by atoms with Crippen molar-refractivity contribution in [3.8, 4) is 0 Å². The van der Waals surface area contributed by atoms with E-state index in [4.69, 9.17) is 0 Å². The van der Waals surface area contributed by atoms with Crippen LogP contribution in [0.2, 0.25) is 0 Å². The number of benzene rings is 1. The lowest BCUT2D eigenvalue weighted by atomic mass is 10.1. The summed E-state index contributed by atoms with van der Waals surface area (Å²) in [7, 11) is 0. The molecule has 0 saturated heterocycles. The van der Waals surface area contributed by atoms with Crippen LogP contribution in [0.3, 0.4) is 0 Å². The summed E-state index contributed by atoms with van der Waals surface area (Å²) >= 11 is 8.19. The van der Waals surface area contributed by atoms with E-state index in [1.54, 1.807) is 0 Å². The Morgan fingerprint density at radius 1 is 1.19 bits per heavy atom. The molecule has 1 atom stereocenters. The van der Waals surface area contributed by atoms with Crippen LogP contribution >= 0.6 is 43.2 Å². The second kappa shape index (κ2) is 5.25. The molecule has 0 saturated carbocycles. The highest BCUT2D eigenvalue weighted by molar-refractivity contribution is 9.11. The fourth-order valence-electron chi connectivity index (χ4n) is 1.28. The zero-order valence-electron chi connectivity index (χ0n) is 8.45. The Bertz CT molecular complexity index is 469. The van der Waals surface area contributed by atoms with Crippen molar-refractivity contribution in [2.75, 3.05) is 5.32 Å². The third-order valence-corrected chi connectivity index (χ3v) is 3.93. The average molecular weight is 363 g/mol. The third-order valence-electron chi connectivity index (χ3n) is 2.11. The van der Waals surface area contributed by atoms with Crippen molar-refractivity contribution >= 4 is 48.3 Å². The molecule has 84 valence electrons. The Morgan fingerprint density at radius 2 is 1.88 bits per heavy atom. The van der Waals surface area contributed by atoms with Gasteiger partial charge in [0.15, 0.2) is 3.92 Å². The standard InChI is InChI=1S/C10H9Br2N3S/c1-6(7-2-4-8(11)5-3-7)13-10-15-14-9(12)16-10/h2-6H,1H3,(H,13,15). The molecule has 0 aliphatic carbocycles. The Kier molecular flexibility index (Phi) is 3.94. The van der Waals surface area contributed by atoms with Gasteiger partial charge in [0.05, 0.1) is 6.04 Å². The van der Waals surface area contributed by atoms with Gasteiger partial charge >= 0.3 is 0 Å². The smallest absolute Gasteiger partial charge is 0.206 e. The van der Waals surface area contributed by atoms with Crippen molar-refractivity contribution in [2.24, 2.45) is 0 Å².